The maximum absolute atomic E-state index is 12.6. The molecule has 0 saturated carbocycles. The van der Waals surface area contributed by atoms with Crippen molar-refractivity contribution in [2.75, 3.05) is 26.7 Å². The van der Waals surface area contributed by atoms with E-state index in [0.29, 0.717) is 61.5 Å². The number of pyridine rings is 3. The standard InChI is InChI=1S/C23H26F3N5O3/c1-34-16-10-19-17(28-13-16)3-5-22(33)31(19)9-8-30-7-6-18(20(32)14-30)27-11-15-2-4-21(29-12-15)23(24,25)26/h2-5,10,12-13,18,20,27,32H,6-9,11,14H2,1H3/t18-,20+/m1/s1. The fourth-order valence-electron chi connectivity index (χ4n) is 4.12. The highest BCUT2D eigenvalue weighted by atomic mass is 19.4. The number of nitrogens with one attached hydrogen (secondary N) is 1. The largest absolute Gasteiger partial charge is 0.495 e. The summed E-state index contributed by atoms with van der Waals surface area (Å²) in [5.41, 5.74) is 0.936. The SMILES string of the molecule is COc1cnc2ccc(=O)n(CCN3CC[C@@H](NCc4ccc(C(F)(F)F)nc4)[C@@H](O)C3)c2c1. The maximum Gasteiger partial charge on any atom is 0.433 e. The second kappa shape index (κ2) is 10.1. The lowest BCUT2D eigenvalue weighted by molar-refractivity contribution is -0.141. The number of rotatable bonds is 7. The number of alkyl halides is 3. The Morgan fingerprint density at radius 2 is 2.00 bits per heavy atom. The van der Waals surface area contributed by atoms with Crippen molar-refractivity contribution in [2.45, 2.75) is 37.8 Å². The number of likely N-dealkylation sites (tertiary alicyclic amines) is 1. The van der Waals surface area contributed by atoms with Gasteiger partial charge in [0.25, 0.3) is 5.56 Å². The molecule has 0 aliphatic carbocycles. The molecule has 34 heavy (non-hydrogen) atoms. The van der Waals surface area contributed by atoms with Crippen molar-refractivity contribution in [3.05, 3.63) is 64.3 Å². The van der Waals surface area contributed by atoms with Crippen LogP contribution in [0, 0.1) is 0 Å². The van der Waals surface area contributed by atoms with Crippen molar-refractivity contribution in [3.63, 3.8) is 0 Å². The fourth-order valence-corrected chi connectivity index (χ4v) is 4.12. The summed E-state index contributed by atoms with van der Waals surface area (Å²) in [6, 6.07) is 7.10. The summed E-state index contributed by atoms with van der Waals surface area (Å²) in [4.78, 5) is 22.3. The average Bonchev–Trinajstić information content (AvgIpc) is 2.82. The highest BCUT2D eigenvalue weighted by Gasteiger charge is 2.32. The number of hydrogen-bond donors (Lipinski definition) is 2. The Morgan fingerprint density at radius 1 is 1.18 bits per heavy atom. The molecule has 3 aromatic heterocycles. The number of fused-ring (bicyclic) bond motifs is 1. The number of β-amino-alcohol motifs (C(OH)–C–C–N with tert-alkyl or cyclic N) is 1. The number of nitrogens with zero attached hydrogens (tertiary/aromatic N) is 4. The summed E-state index contributed by atoms with van der Waals surface area (Å²) in [7, 11) is 1.54. The molecule has 8 nitrogen and oxygen atoms in total. The van der Waals surface area contributed by atoms with Gasteiger partial charge in [-0.15, -0.1) is 0 Å². The third-order valence-electron chi connectivity index (χ3n) is 6.04. The van der Waals surface area contributed by atoms with E-state index in [-0.39, 0.29) is 11.6 Å². The minimum Gasteiger partial charge on any atom is -0.495 e. The molecular formula is C23H26F3N5O3. The van der Waals surface area contributed by atoms with Crippen molar-refractivity contribution < 1.29 is 23.0 Å². The lowest BCUT2D eigenvalue weighted by Gasteiger charge is -2.36. The minimum absolute atomic E-state index is 0.134. The van der Waals surface area contributed by atoms with Gasteiger partial charge in [0, 0.05) is 50.6 Å². The summed E-state index contributed by atoms with van der Waals surface area (Å²) >= 11 is 0. The monoisotopic (exact) mass is 477 g/mol. The number of halogens is 3. The van der Waals surface area contributed by atoms with Crippen molar-refractivity contribution in [2.24, 2.45) is 0 Å². The highest BCUT2D eigenvalue weighted by Crippen LogP contribution is 2.27. The van der Waals surface area contributed by atoms with Crippen LogP contribution in [-0.4, -0.2) is 63.4 Å². The Hall–Kier alpha value is -3.02. The molecule has 4 rings (SSSR count). The van der Waals surface area contributed by atoms with Crippen molar-refractivity contribution in [1.82, 2.24) is 24.8 Å². The molecule has 0 radical (unpaired) electrons. The van der Waals surface area contributed by atoms with Crippen LogP contribution in [0.2, 0.25) is 0 Å². The van der Waals surface area contributed by atoms with E-state index in [1.807, 2.05) is 0 Å². The molecule has 0 amide bonds. The number of piperidine rings is 1. The summed E-state index contributed by atoms with van der Waals surface area (Å²) in [5, 5.41) is 13.8. The maximum atomic E-state index is 12.6. The number of aromatic nitrogens is 3. The Bertz CT molecular complexity index is 1180. The Kier molecular flexibility index (Phi) is 7.15. The van der Waals surface area contributed by atoms with E-state index in [4.69, 9.17) is 4.74 Å². The molecule has 3 aromatic rings. The van der Waals surface area contributed by atoms with Crippen LogP contribution in [0.3, 0.4) is 0 Å². The van der Waals surface area contributed by atoms with E-state index in [2.05, 4.69) is 20.2 Å². The van der Waals surface area contributed by atoms with E-state index in [9.17, 15) is 23.1 Å². The van der Waals surface area contributed by atoms with Gasteiger partial charge in [0.05, 0.1) is 30.4 Å². The van der Waals surface area contributed by atoms with E-state index in [1.165, 1.54) is 18.3 Å². The first-order valence-corrected chi connectivity index (χ1v) is 10.9. The Balaban J connectivity index is 1.32. The summed E-state index contributed by atoms with van der Waals surface area (Å²) in [6.07, 6.45) is -1.65. The van der Waals surface area contributed by atoms with E-state index >= 15 is 0 Å². The van der Waals surface area contributed by atoms with Gasteiger partial charge in [-0.3, -0.25) is 19.7 Å². The lowest BCUT2D eigenvalue weighted by Crippen LogP contribution is -2.53. The second-order valence-corrected chi connectivity index (χ2v) is 8.30. The molecule has 2 atom stereocenters. The predicted octanol–water partition coefficient (Wildman–Crippen LogP) is 2.04. The van der Waals surface area contributed by atoms with Crippen molar-refractivity contribution in [3.8, 4) is 5.75 Å². The zero-order chi connectivity index (χ0) is 24.3. The van der Waals surface area contributed by atoms with Crippen LogP contribution in [0.4, 0.5) is 13.2 Å². The average molecular weight is 477 g/mol. The van der Waals surface area contributed by atoms with Crippen LogP contribution in [-0.2, 0) is 19.3 Å². The van der Waals surface area contributed by atoms with Crippen LogP contribution < -0.4 is 15.6 Å². The molecule has 4 heterocycles. The Labute approximate surface area is 194 Å². The molecule has 2 N–H and O–H groups in total. The van der Waals surface area contributed by atoms with Gasteiger partial charge in [-0.2, -0.15) is 13.2 Å². The molecule has 1 aliphatic rings. The molecule has 1 saturated heterocycles. The molecule has 11 heteroatoms. The second-order valence-electron chi connectivity index (χ2n) is 8.30. The van der Waals surface area contributed by atoms with E-state index in [1.54, 1.807) is 30.0 Å². The number of aliphatic hydroxyl groups excluding tert-OH is 1. The number of ether oxygens (including phenoxy) is 1. The lowest BCUT2D eigenvalue weighted by atomic mass is 10.0. The van der Waals surface area contributed by atoms with Gasteiger partial charge in [-0.05, 0) is 30.7 Å². The zero-order valence-electron chi connectivity index (χ0n) is 18.6. The van der Waals surface area contributed by atoms with Gasteiger partial charge in [0.2, 0.25) is 0 Å². The van der Waals surface area contributed by atoms with Gasteiger partial charge >= 0.3 is 6.18 Å². The van der Waals surface area contributed by atoms with Crippen LogP contribution in [0.15, 0.2) is 47.5 Å². The van der Waals surface area contributed by atoms with Crippen LogP contribution in [0.5, 0.6) is 5.75 Å². The third-order valence-corrected chi connectivity index (χ3v) is 6.04. The molecule has 182 valence electrons. The molecule has 1 aliphatic heterocycles. The van der Waals surface area contributed by atoms with E-state index < -0.39 is 18.0 Å². The van der Waals surface area contributed by atoms with Crippen LogP contribution >= 0.6 is 0 Å². The minimum atomic E-state index is -4.46. The van der Waals surface area contributed by atoms with E-state index in [0.717, 1.165) is 6.07 Å². The summed E-state index contributed by atoms with van der Waals surface area (Å²) in [6.45, 7) is 2.45. The number of aliphatic hydroxyl groups is 1. The molecular weight excluding hydrogens is 451 g/mol. The number of hydrogen-bond acceptors (Lipinski definition) is 7. The van der Waals surface area contributed by atoms with Crippen LogP contribution in [0.25, 0.3) is 11.0 Å². The smallest absolute Gasteiger partial charge is 0.433 e. The van der Waals surface area contributed by atoms with Gasteiger partial charge in [0.15, 0.2) is 0 Å². The van der Waals surface area contributed by atoms with Gasteiger partial charge in [-0.1, -0.05) is 6.07 Å². The normalized spacial score (nSPS) is 19.4. The first kappa shape index (κ1) is 24.1. The molecule has 0 bridgehead atoms. The molecule has 0 unspecified atom stereocenters. The fraction of sp³-hybridized carbons (Fsp3) is 0.435. The van der Waals surface area contributed by atoms with Gasteiger partial charge < -0.3 is 19.7 Å². The van der Waals surface area contributed by atoms with Crippen LogP contribution in [0.1, 0.15) is 17.7 Å². The summed E-state index contributed by atoms with van der Waals surface area (Å²) < 4.78 is 44.8. The number of methoxy groups -OCH3 is 1. The first-order valence-electron chi connectivity index (χ1n) is 10.9. The predicted molar refractivity (Wildman–Crippen MR) is 119 cm³/mol. The Morgan fingerprint density at radius 3 is 2.68 bits per heavy atom. The third kappa shape index (κ3) is 5.54. The first-order chi connectivity index (χ1) is 16.2. The topological polar surface area (TPSA) is 92.5 Å². The zero-order valence-corrected chi connectivity index (χ0v) is 18.6. The molecule has 0 spiro atoms. The molecule has 0 aromatic carbocycles. The van der Waals surface area contributed by atoms with Gasteiger partial charge in [0.1, 0.15) is 11.4 Å². The summed E-state index contributed by atoms with van der Waals surface area (Å²) in [5.74, 6) is 0.567. The quantitative estimate of drug-likeness (QED) is 0.538. The highest BCUT2D eigenvalue weighted by molar-refractivity contribution is 5.75. The van der Waals surface area contributed by atoms with Crippen molar-refractivity contribution in [1.29, 1.82) is 0 Å². The van der Waals surface area contributed by atoms with Crippen molar-refractivity contribution >= 4 is 11.0 Å². The molecule has 1 fully saturated rings. The van der Waals surface area contributed by atoms with Gasteiger partial charge in [-0.25, -0.2) is 0 Å².